The number of nitrogens with one attached hydrogen (secondary N) is 2. The smallest absolute Gasteiger partial charge is 0.406 e. The molecule has 2 amide bonds. The van der Waals surface area contributed by atoms with Gasteiger partial charge in [-0.15, -0.1) is 18.3 Å². The number of hydrogen-bond acceptors (Lipinski definition) is 6. The lowest BCUT2D eigenvalue weighted by Gasteiger charge is -2.26. The van der Waals surface area contributed by atoms with E-state index < -0.39 is 12.3 Å². The van der Waals surface area contributed by atoms with Crippen LogP contribution >= 0.6 is 0 Å². The third kappa shape index (κ3) is 7.71. The van der Waals surface area contributed by atoms with Gasteiger partial charge in [-0.2, -0.15) is 5.21 Å². The number of H-pyrrole nitrogens is 1. The van der Waals surface area contributed by atoms with Crippen molar-refractivity contribution in [1.82, 2.24) is 20.6 Å². The molecule has 1 fully saturated rings. The van der Waals surface area contributed by atoms with Crippen LogP contribution < -0.4 is 15.0 Å². The first kappa shape index (κ1) is 28.8. The van der Waals surface area contributed by atoms with Crippen LogP contribution in [0, 0.1) is 0 Å². The molecule has 1 saturated carbocycles. The molecule has 218 valence electrons. The van der Waals surface area contributed by atoms with Gasteiger partial charge in [0.2, 0.25) is 5.91 Å². The monoisotopic (exact) mass is 578 g/mol. The summed E-state index contributed by atoms with van der Waals surface area (Å²) in [6.45, 7) is 0.188. The largest absolute Gasteiger partial charge is 0.573 e. The Kier molecular flexibility index (Phi) is 8.80. The summed E-state index contributed by atoms with van der Waals surface area (Å²) in [5.74, 6) is -0.564. The number of carbonyl (C=O) groups is 2. The first-order valence-electron chi connectivity index (χ1n) is 13.6. The molecule has 0 saturated heterocycles. The lowest BCUT2D eigenvalue weighted by atomic mass is 9.84. The maximum atomic E-state index is 13.6. The number of aromatic nitrogens is 4. The van der Waals surface area contributed by atoms with E-state index in [9.17, 15) is 22.8 Å². The van der Waals surface area contributed by atoms with Crippen LogP contribution in [0.4, 0.5) is 24.8 Å². The molecule has 1 aromatic heterocycles. The Hall–Kier alpha value is -4.74. The Morgan fingerprint density at radius 3 is 2.36 bits per heavy atom. The van der Waals surface area contributed by atoms with Gasteiger partial charge in [0.25, 0.3) is 11.9 Å². The van der Waals surface area contributed by atoms with Gasteiger partial charge in [0, 0.05) is 11.3 Å². The zero-order valence-electron chi connectivity index (χ0n) is 22.6. The molecule has 0 radical (unpaired) electrons. The fourth-order valence-electron chi connectivity index (χ4n) is 5.14. The van der Waals surface area contributed by atoms with Crippen LogP contribution in [0.3, 0.4) is 0 Å². The van der Waals surface area contributed by atoms with Gasteiger partial charge in [-0.25, -0.2) is 0 Å². The van der Waals surface area contributed by atoms with E-state index in [1.807, 2.05) is 12.1 Å². The molecule has 4 aromatic rings. The van der Waals surface area contributed by atoms with Crippen molar-refractivity contribution in [3.8, 4) is 5.75 Å². The van der Waals surface area contributed by atoms with Crippen molar-refractivity contribution in [2.45, 2.75) is 57.3 Å². The molecule has 0 aliphatic heterocycles. The number of alkyl halides is 3. The second-order valence-corrected chi connectivity index (χ2v) is 10.2. The standard InChI is InChI=1S/C30H29F3N6O3/c31-30(32,33)42-26-8-4-5-21(17-26)18-27(40)39(25-15-13-23(14-16-25)22-6-2-1-3-7-22)19-20-9-11-24(12-10-20)28(41)34-29-35-37-38-36-29/h4-5,8-17,22H,1-3,6-7,18-19H2,(H2,34,35,36,37,38,41). The molecule has 1 aliphatic carbocycles. The Bertz CT molecular complexity index is 1490. The molecule has 3 aromatic carbocycles. The number of ether oxygens (including phenoxy) is 1. The summed E-state index contributed by atoms with van der Waals surface area (Å²) in [5, 5.41) is 15.6. The minimum atomic E-state index is -4.83. The SMILES string of the molecule is O=C(Nc1nn[nH]n1)c1ccc(CN(C(=O)Cc2cccc(OC(F)(F)F)c2)c2ccc(C3CCCCC3)cc2)cc1. The van der Waals surface area contributed by atoms with Gasteiger partial charge < -0.3 is 9.64 Å². The number of tetrazole rings is 1. The quantitative estimate of drug-likeness (QED) is 0.246. The van der Waals surface area contributed by atoms with Crippen LogP contribution in [0.25, 0.3) is 0 Å². The lowest BCUT2D eigenvalue weighted by Crippen LogP contribution is -2.32. The van der Waals surface area contributed by atoms with Crippen LogP contribution in [-0.2, 0) is 17.8 Å². The molecule has 1 aliphatic rings. The zero-order chi connectivity index (χ0) is 29.5. The van der Waals surface area contributed by atoms with Crippen LogP contribution in [0.2, 0.25) is 0 Å². The predicted octanol–water partition coefficient (Wildman–Crippen LogP) is 6.17. The first-order valence-corrected chi connectivity index (χ1v) is 13.6. The van der Waals surface area contributed by atoms with E-state index in [1.54, 1.807) is 35.2 Å². The highest BCUT2D eigenvalue weighted by atomic mass is 19.4. The van der Waals surface area contributed by atoms with Crippen LogP contribution in [0.15, 0.2) is 72.8 Å². The fourth-order valence-corrected chi connectivity index (χ4v) is 5.14. The third-order valence-electron chi connectivity index (χ3n) is 7.20. The molecule has 0 atom stereocenters. The Morgan fingerprint density at radius 1 is 0.952 bits per heavy atom. The van der Waals surface area contributed by atoms with E-state index in [1.165, 1.54) is 43.0 Å². The summed E-state index contributed by atoms with van der Waals surface area (Å²) in [4.78, 5) is 27.7. The van der Waals surface area contributed by atoms with Gasteiger partial charge in [0.05, 0.1) is 13.0 Å². The summed E-state index contributed by atoms with van der Waals surface area (Å²) in [6, 6.07) is 20.1. The van der Waals surface area contributed by atoms with Crippen molar-refractivity contribution < 1.29 is 27.5 Å². The maximum Gasteiger partial charge on any atom is 0.573 e. The fraction of sp³-hybridized carbons (Fsp3) is 0.300. The molecule has 0 unspecified atom stereocenters. The van der Waals surface area contributed by atoms with Crippen LogP contribution in [-0.4, -0.2) is 38.8 Å². The topological polar surface area (TPSA) is 113 Å². The molecule has 12 heteroatoms. The van der Waals surface area contributed by atoms with E-state index in [0.717, 1.165) is 18.4 Å². The van der Waals surface area contributed by atoms with E-state index in [2.05, 4.69) is 42.8 Å². The molecule has 5 rings (SSSR count). The second-order valence-electron chi connectivity index (χ2n) is 10.2. The maximum absolute atomic E-state index is 13.6. The molecular formula is C30H29F3N6O3. The van der Waals surface area contributed by atoms with Crippen LogP contribution in [0.1, 0.15) is 65.1 Å². The Balaban J connectivity index is 1.35. The van der Waals surface area contributed by atoms with E-state index in [4.69, 9.17) is 0 Å². The number of aromatic amines is 1. The summed E-state index contributed by atoms with van der Waals surface area (Å²) in [5.41, 5.74) is 3.41. The minimum absolute atomic E-state index is 0.0437. The number of halogens is 3. The molecule has 9 nitrogen and oxygen atoms in total. The zero-order valence-corrected chi connectivity index (χ0v) is 22.6. The highest BCUT2D eigenvalue weighted by molar-refractivity contribution is 6.03. The number of nitrogens with zero attached hydrogens (tertiary/aromatic N) is 4. The average Bonchev–Trinajstić information content (AvgIpc) is 3.49. The lowest BCUT2D eigenvalue weighted by molar-refractivity contribution is -0.274. The van der Waals surface area contributed by atoms with Crippen molar-refractivity contribution in [3.63, 3.8) is 0 Å². The average molecular weight is 579 g/mol. The molecule has 0 spiro atoms. The molecule has 42 heavy (non-hydrogen) atoms. The van der Waals surface area contributed by atoms with Gasteiger partial charge in [0.1, 0.15) is 5.75 Å². The minimum Gasteiger partial charge on any atom is -0.406 e. The van der Waals surface area contributed by atoms with Gasteiger partial charge in [0.15, 0.2) is 0 Å². The van der Waals surface area contributed by atoms with Gasteiger partial charge in [-0.3, -0.25) is 14.9 Å². The van der Waals surface area contributed by atoms with Crippen molar-refractivity contribution in [2.24, 2.45) is 0 Å². The summed E-state index contributed by atoms with van der Waals surface area (Å²) >= 11 is 0. The second kappa shape index (κ2) is 12.8. The molecule has 1 heterocycles. The van der Waals surface area contributed by atoms with Crippen molar-refractivity contribution in [1.29, 1.82) is 0 Å². The van der Waals surface area contributed by atoms with Gasteiger partial charge in [-0.1, -0.05) is 60.8 Å². The van der Waals surface area contributed by atoms with E-state index >= 15 is 0 Å². The van der Waals surface area contributed by atoms with Crippen molar-refractivity contribution >= 4 is 23.5 Å². The number of hydrogen-bond donors (Lipinski definition) is 2. The molecule has 2 N–H and O–H groups in total. The van der Waals surface area contributed by atoms with E-state index in [-0.39, 0.29) is 30.6 Å². The van der Waals surface area contributed by atoms with E-state index in [0.29, 0.717) is 22.7 Å². The Morgan fingerprint density at radius 2 is 1.69 bits per heavy atom. The van der Waals surface area contributed by atoms with Crippen molar-refractivity contribution in [3.05, 3.63) is 95.1 Å². The number of carbonyl (C=O) groups excluding carboxylic acids is 2. The molecule has 0 bridgehead atoms. The highest BCUT2D eigenvalue weighted by Gasteiger charge is 2.31. The van der Waals surface area contributed by atoms with Gasteiger partial charge >= 0.3 is 6.36 Å². The summed E-state index contributed by atoms with van der Waals surface area (Å²) in [6.07, 6.45) is 0.988. The number of benzene rings is 3. The number of rotatable bonds is 9. The summed E-state index contributed by atoms with van der Waals surface area (Å²) < 4.78 is 42.2. The number of anilines is 2. The van der Waals surface area contributed by atoms with Crippen LogP contribution in [0.5, 0.6) is 5.75 Å². The van der Waals surface area contributed by atoms with Crippen molar-refractivity contribution in [2.75, 3.05) is 10.2 Å². The summed E-state index contributed by atoms with van der Waals surface area (Å²) in [7, 11) is 0. The highest BCUT2D eigenvalue weighted by Crippen LogP contribution is 2.34. The normalized spacial score (nSPS) is 13.9. The predicted molar refractivity (Wildman–Crippen MR) is 149 cm³/mol. The van der Waals surface area contributed by atoms with Gasteiger partial charge in [-0.05, 0) is 77.1 Å². The molecular weight excluding hydrogens is 549 g/mol. The Labute approximate surface area is 240 Å². The third-order valence-corrected chi connectivity index (χ3v) is 7.20. The number of amides is 2. The first-order chi connectivity index (χ1) is 20.2.